The molecule has 1 heterocycles. The van der Waals surface area contributed by atoms with E-state index < -0.39 is 0 Å². The Labute approximate surface area is 78.8 Å². The molecule has 0 aliphatic carbocycles. The van der Waals surface area contributed by atoms with Gasteiger partial charge in [0, 0.05) is 11.1 Å². The zero-order chi connectivity index (χ0) is 8.55. The van der Waals surface area contributed by atoms with Crippen LogP contribution in [0.2, 0.25) is 0 Å². The van der Waals surface area contributed by atoms with Crippen molar-refractivity contribution < 1.29 is 5.11 Å². The van der Waals surface area contributed by atoms with Crippen molar-refractivity contribution in [3.05, 3.63) is 36.0 Å². The number of benzene rings is 1. The fourth-order valence-electron chi connectivity index (χ4n) is 1.23. The number of hydrogen-bond acceptors (Lipinski definition) is 2. The van der Waals surface area contributed by atoms with E-state index in [1.54, 1.807) is 6.07 Å². The normalized spacial score (nSPS) is 9.62. The topological polar surface area (TPSA) is 33.1 Å². The van der Waals surface area contributed by atoms with Gasteiger partial charge < -0.3 is 5.11 Å². The fourth-order valence-corrected chi connectivity index (χ4v) is 1.23. The Morgan fingerprint density at radius 3 is 2.69 bits per heavy atom. The van der Waals surface area contributed by atoms with Crippen molar-refractivity contribution in [1.82, 2.24) is 4.98 Å². The SMILES string of the molecule is B.Cc1ccc2cccc(O)c2n1. The summed E-state index contributed by atoms with van der Waals surface area (Å²) in [4.78, 5) is 4.23. The van der Waals surface area contributed by atoms with Gasteiger partial charge in [0.05, 0.1) is 8.41 Å². The molecular formula is C10H12BNO. The summed E-state index contributed by atoms with van der Waals surface area (Å²) in [6, 6.07) is 9.28. The van der Waals surface area contributed by atoms with Gasteiger partial charge >= 0.3 is 0 Å². The molecule has 0 radical (unpaired) electrons. The zero-order valence-electron chi connectivity index (χ0n) is 6.78. The average Bonchev–Trinajstić information content (AvgIpc) is 2.07. The van der Waals surface area contributed by atoms with Gasteiger partial charge in [0.15, 0.2) is 0 Å². The fraction of sp³-hybridized carbons (Fsp3) is 0.100. The summed E-state index contributed by atoms with van der Waals surface area (Å²) in [6.07, 6.45) is 0. The van der Waals surface area contributed by atoms with Gasteiger partial charge in [-0.25, -0.2) is 4.98 Å². The van der Waals surface area contributed by atoms with Crippen LogP contribution >= 0.6 is 0 Å². The van der Waals surface area contributed by atoms with Crippen molar-refractivity contribution in [1.29, 1.82) is 0 Å². The number of phenols is 1. The third-order valence-electron chi connectivity index (χ3n) is 1.84. The van der Waals surface area contributed by atoms with E-state index in [0.717, 1.165) is 11.1 Å². The third kappa shape index (κ3) is 1.64. The van der Waals surface area contributed by atoms with Crippen molar-refractivity contribution in [2.75, 3.05) is 0 Å². The molecule has 3 heteroatoms. The van der Waals surface area contributed by atoms with Gasteiger partial charge in [-0.05, 0) is 19.1 Å². The van der Waals surface area contributed by atoms with Crippen LogP contribution in [-0.4, -0.2) is 18.5 Å². The van der Waals surface area contributed by atoms with E-state index in [1.165, 1.54) is 0 Å². The van der Waals surface area contributed by atoms with Gasteiger partial charge in [0.1, 0.15) is 11.3 Å². The lowest BCUT2D eigenvalue weighted by Gasteiger charge is -1.99. The van der Waals surface area contributed by atoms with E-state index in [0.29, 0.717) is 5.52 Å². The number of para-hydroxylation sites is 1. The first-order valence-electron chi connectivity index (χ1n) is 3.83. The van der Waals surface area contributed by atoms with Gasteiger partial charge in [-0.2, -0.15) is 0 Å². The molecule has 0 amide bonds. The van der Waals surface area contributed by atoms with E-state index in [1.807, 2.05) is 31.2 Å². The van der Waals surface area contributed by atoms with Crippen molar-refractivity contribution >= 4 is 19.3 Å². The van der Waals surface area contributed by atoms with Crippen LogP contribution in [0.4, 0.5) is 0 Å². The van der Waals surface area contributed by atoms with Crippen molar-refractivity contribution in [2.24, 2.45) is 0 Å². The molecule has 0 atom stereocenters. The Morgan fingerprint density at radius 1 is 1.15 bits per heavy atom. The number of aromatic nitrogens is 1. The van der Waals surface area contributed by atoms with Crippen molar-refractivity contribution in [2.45, 2.75) is 6.92 Å². The Hall–Kier alpha value is -1.51. The second kappa shape index (κ2) is 3.48. The maximum absolute atomic E-state index is 9.43. The summed E-state index contributed by atoms with van der Waals surface area (Å²) in [5.41, 5.74) is 1.60. The first-order valence-corrected chi connectivity index (χ1v) is 3.83. The summed E-state index contributed by atoms with van der Waals surface area (Å²) < 4.78 is 0. The van der Waals surface area contributed by atoms with Crippen LogP contribution in [0, 0.1) is 6.92 Å². The molecule has 0 unspecified atom stereocenters. The molecular weight excluding hydrogens is 161 g/mol. The van der Waals surface area contributed by atoms with Gasteiger partial charge in [0.25, 0.3) is 0 Å². The minimum absolute atomic E-state index is 0. The minimum atomic E-state index is 0. The molecule has 0 bridgehead atoms. The van der Waals surface area contributed by atoms with Crippen molar-refractivity contribution in [3.8, 4) is 5.75 Å². The predicted molar refractivity (Wildman–Crippen MR) is 58.1 cm³/mol. The molecule has 0 aliphatic heterocycles. The smallest absolute Gasteiger partial charge is 0.141 e. The Morgan fingerprint density at radius 2 is 1.92 bits per heavy atom. The number of pyridine rings is 1. The van der Waals surface area contributed by atoms with Crippen LogP contribution in [0.1, 0.15) is 5.69 Å². The highest BCUT2D eigenvalue weighted by Crippen LogP contribution is 2.21. The first kappa shape index (κ1) is 9.58. The molecule has 1 N–H and O–H groups in total. The monoisotopic (exact) mass is 173 g/mol. The molecule has 0 saturated heterocycles. The summed E-state index contributed by atoms with van der Waals surface area (Å²) in [5.74, 6) is 0.246. The lowest BCUT2D eigenvalue weighted by atomic mass is 10.2. The second-order valence-electron chi connectivity index (χ2n) is 2.80. The summed E-state index contributed by atoms with van der Waals surface area (Å²) in [7, 11) is 0. The highest BCUT2D eigenvalue weighted by Gasteiger charge is 1.98. The molecule has 13 heavy (non-hydrogen) atoms. The molecule has 0 fully saturated rings. The first-order chi connectivity index (χ1) is 5.77. The number of hydrogen-bond donors (Lipinski definition) is 1. The van der Waals surface area contributed by atoms with Crippen molar-refractivity contribution in [3.63, 3.8) is 0 Å². The number of phenolic OH excluding ortho intramolecular Hbond substituents is 1. The van der Waals surface area contributed by atoms with Gasteiger partial charge in [0.2, 0.25) is 0 Å². The van der Waals surface area contributed by atoms with Crippen LogP contribution < -0.4 is 0 Å². The number of aryl methyl sites for hydroxylation is 1. The molecule has 2 rings (SSSR count). The average molecular weight is 173 g/mol. The third-order valence-corrected chi connectivity index (χ3v) is 1.84. The van der Waals surface area contributed by atoms with Gasteiger partial charge in [-0.15, -0.1) is 0 Å². The summed E-state index contributed by atoms with van der Waals surface area (Å²) in [6.45, 7) is 1.91. The Kier molecular flexibility index (Phi) is 2.56. The molecule has 0 aliphatic rings. The number of rotatable bonds is 0. The van der Waals surface area contributed by atoms with Crippen LogP contribution in [0.5, 0.6) is 5.75 Å². The lowest BCUT2D eigenvalue weighted by Crippen LogP contribution is -1.82. The lowest BCUT2D eigenvalue weighted by molar-refractivity contribution is 0.480. The maximum atomic E-state index is 9.43. The van der Waals surface area contributed by atoms with Crippen LogP contribution in [0.3, 0.4) is 0 Å². The highest BCUT2D eigenvalue weighted by molar-refractivity contribution is 5.84. The molecule has 66 valence electrons. The summed E-state index contributed by atoms with van der Waals surface area (Å²) >= 11 is 0. The van der Waals surface area contributed by atoms with Crippen LogP contribution in [-0.2, 0) is 0 Å². The number of fused-ring (bicyclic) bond motifs is 1. The largest absolute Gasteiger partial charge is 0.506 e. The Balaban J connectivity index is 0.000000845. The standard InChI is InChI=1S/C10H9NO.BH3/c1-7-5-6-8-3-2-4-9(12)10(8)11-7;/h2-6,12H,1H3;1H3. The minimum Gasteiger partial charge on any atom is -0.506 e. The quantitative estimate of drug-likeness (QED) is 0.604. The number of aromatic hydroxyl groups is 1. The molecule has 1 aromatic heterocycles. The summed E-state index contributed by atoms with van der Waals surface area (Å²) in [5, 5.41) is 10.4. The number of nitrogens with zero attached hydrogens (tertiary/aromatic N) is 1. The van der Waals surface area contributed by atoms with E-state index in [4.69, 9.17) is 0 Å². The maximum Gasteiger partial charge on any atom is 0.141 e. The molecule has 0 spiro atoms. The molecule has 0 saturated carbocycles. The van der Waals surface area contributed by atoms with E-state index in [-0.39, 0.29) is 14.2 Å². The van der Waals surface area contributed by atoms with E-state index in [9.17, 15) is 5.11 Å². The van der Waals surface area contributed by atoms with Gasteiger partial charge in [-0.3, -0.25) is 0 Å². The van der Waals surface area contributed by atoms with E-state index >= 15 is 0 Å². The molecule has 2 aromatic rings. The zero-order valence-corrected chi connectivity index (χ0v) is 6.78. The van der Waals surface area contributed by atoms with E-state index in [2.05, 4.69) is 4.98 Å². The highest BCUT2D eigenvalue weighted by atomic mass is 16.3. The molecule has 2 nitrogen and oxygen atoms in total. The predicted octanol–water partition coefficient (Wildman–Crippen LogP) is 1.06. The van der Waals surface area contributed by atoms with Crippen LogP contribution in [0.15, 0.2) is 30.3 Å². The second-order valence-corrected chi connectivity index (χ2v) is 2.80. The Bertz CT molecular complexity index is 428. The van der Waals surface area contributed by atoms with Crippen LogP contribution in [0.25, 0.3) is 10.9 Å². The van der Waals surface area contributed by atoms with Gasteiger partial charge in [-0.1, -0.05) is 18.2 Å². The molecule has 1 aromatic carbocycles.